The van der Waals surface area contributed by atoms with Gasteiger partial charge in [0.25, 0.3) is 0 Å². The Kier molecular flexibility index (Phi) is 4.53. The zero-order valence-electron chi connectivity index (χ0n) is 11.0. The minimum atomic E-state index is 0.112. The number of thiophene rings is 1. The SMILES string of the molecule is Cc1ccc(CN(C)CC(N)c2cccs2)cc1. The molecule has 2 N–H and O–H groups in total. The largest absolute Gasteiger partial charge is 0.322 e. The molecule has 0 saturated heterocycles. The molecule has 96 valence electrons. The Balaban J connectivity index is 1.88. The zero-order valence-corrected chi connectivity index (χ0v) is 11.8. The first kappa shape index (κ1) is 13.3. The van der Waals surface area contributed by atoms with Gasteiger partial charge in [-0.25, -0.2) is 0 Å². The molecule has 0 saturated carbocycles. The van der Waals surface area contributed by atoms with E-state index in [1.54, 1.807) is 11.3 Å². The Morgan fingerprint density at radius 3 is 2.56 bits per heavy atom. The molecule has 1 aromatic carbocycles. The van der Waals surface area contributed by atoms with Crippen molar-refractivity contribution < 1.29 is 0 Å². The summed E-state index contributed by atoms with van der Waals surface area (Å²) in [6, 6.07) is 12.9. The Bertz CT molecular complexity index is 462. The van der Waals surface area contributed by atoms with Gasteiger partial charge in [-0.05, 0) is 31.0 Å². The molecule has 0 aliphatic rings. The fraction of sp³-hybridized carbons (Fsp3) is 0.333. The molecule has 0 spiro atoms. The molecule has 1 aromatic heterocycles. The summed E-state index contributed by atoms with van der Waals surface area (Å²) in [5.74, 6) is 0. The Labute approximate surface area is 113 Å². The van der Waals surface area contributed by atoms with Gasteiger partial charge in [-0.3, -0.25) is 0 Å². The summed E-state index contributed by atoms with van der Waals surface area (Å²) in [5, 5.41) is 2.08. The maximum absolute atomic E-state index is 6.19. The molecule has 0 aliphatic heterocycles. The van der Waals surface area contributed by atoms with E-state index in [-0.39, 0.29) is 6.04 Å². The van der Waals surface area contributed by atoms with Gasteiger partial charge in [-0.2, -0.15) is 0 Å². The molecule has 1 heterocycles. The standard InChI is InChI=1S/C15H20N2S/c1-12-5-7-13(8-6-12)10-17(2)11-14(16)15-4-3-9-18-15/h3-9,14H,10-11,16H2,1-2H3. The highest BCUT2D eigenvalue weighted by Gasteiger charge is 2.10. The average molecular weight is 260 g/mol. The van der Waals surface area contributed by atoms with Crippen molar-refractivity contribution in [1.82, 2.24) is 4.90 Å². The van der Waals surface area contributed by atoms with Gasteiger partial charge in [0.2, 0.25) is 0 Å². The summed E-state index contributed by atoms with van der Waals surface area (Å²) in [6.07, 6.45) is 0. The van der Waals surface area contributed by atoms with Crippen LogP contribution in [0.4, 0.5) is 0 Å². The minimum Gasteiger partial charge on any atom is -0.322 e. The van der Waals surface area contributed by atoms with Crippen molar-refractivity contribution >= 4 is 11.3 Å². The smallest absolute Gasteiger partial charge is 0.0519 e. The second kappa shape index (κ2) is 6.14. The molecule has 0 bridgehead atoms. The predicted molar refractivity (Wildman–Crippen MR) is 78.8 cm³/mol. The third-order valence-corrected chi connectivity index (χ3v) is 3.99. The van der Waals surface area contributed by atoms with E-state index in [1.165, 1.54) is 16.0 Å². The molecule has 1 unspecified atom stereocenters. The fourth-order valence-electron chi connectivity index (χ4n) is 2.00. The minimum absolute atomic E-state index is 0.112. The van der Waals surface area contributed by atoms with Crippen molar-refractivity contribution in [2.75, 3.05) is 13.6 Å². The van der Waals surface area contributed by atoms with E-state index in [0.717, 1.165) is 13.1 Å². The molecule has 18 heavy (non-hydrogen) atoms. The number of benzene rings is 1. The number of hydrogen-bond donors (Lipinski definition) is 1. The van der Waals surface area contributed by atoms with Gasteiger partial charge in [0, 0.05) is 18.0 Å². The van der Waals surface area contributed by atoms with Gasteiger partial charge < -0.3 is 10.6 Å². The first-order valence-corrected chi connectivity index (χ1v) is 7.06. The molecule has 2 nitrogen and oxygen atoms in total. The summed E-state index contributed by atoms with van der Waals surface area (Å²) in [5.41, 5.74) is 8.82. The molecule has 1 atom stereocenters. The van der Waals surface area contributed by atoms with Crippen LogP contribution in [-0.2, 0) is 6.54 Å². The van der Waals surface area contributed by atoms with Gasteiger partial charge in [0.05, 0.1) is 6.04 Å². The van der Waals surface area contributed by atoms with Crippen molar-refractivity contribution in [3.8, 4) is 0 Å². The summed E-state index contributed by atoms with van der Waals surface area (Å²) < 4.78 is 0. The van der Waals surface area contributed by atoms with Crippen LogP contribution >= 0.6 is 11.3 Å². The van der Waals surface area contributed by atoms with Gasteiger partial charge in [-0.1, -0.05) is 35.9 Å². The van der Waals surface area contributed by atoms with Crippen LogP contribution in [0.5, 0.6) is 0 Å². The number of nitrogens with two attached hydrogens (primary N) is 1. The van der Waals surface area contributed by atoms with Crippen molar-refractivity contribution in [3.05, 3.63) is 57.8 Å². The Hall–Kier alpha value is -1.16. The molecule has 0 aliphatic carbocycles. The lowest BCUT2D eigenvalue weighted by atomic mass is 10.1. The normalized spacial score (nSPS) is 12.9. The van der Waals surface area contributed by atoms with Crippen LogP contribution in [-0.4, -0.2) is 18.5 Å². The van der Waals surface area contributed by atoms with Crippen LogP contribution in [0.2, 0.25) is 0 Å². The van der Waals surface area contributed by atoms with E-state index in [9.17, 15) is 0 Å². The highest BCUT2D eigenvalue weighted by Crippen LogP contribution is 2.18. The quantitative estimate of drug-likeness (QED) is 0.894. The first-order valence-electron chi connectivity index (χ1n) is 6.18. The van der Waals surface area contributed by atoms with Crippen LogP contribution in [0.25, 0.3) is 0 Å². The summed E-state index contributed by atoms with van der Waals surface area (Å²) >= 11 is 1.73. The maximum Gasteiger partial charge on any atom is 0.0519 e. The summed E-state index contributed by atoms with van der Waals surface area (Å²) in [7, 11) is 2.12. The number of aryl methyl sites for hydroxylation is 1. The molecule has 2 rings (SSSR count). The molecular weight excluding hydrogens is 240 g/mol. The molecule has 0 radical (unpaired) electrons. The molecule has 2 aromatic rings. The van der Waals surface area contributed by atoms with E-state index in [1.807, 2.05) is 0 Å². The van der Waals surface area contributed by atoms with Crippen LogP contribution in [0.1, 0.15) is 22.0 Å². The van der Waals surface area contributed by atoms with Crippen molar-refractivity contribution in [2.24, 2.45) is 5.73 Å². The highest BCUT2D eigenvalue weighted by molar-refractivity contribution is 7.10. The van der Waals surface area contributed by atoms with Crippen molar-refractivity contribution in [1.29, 1.82) is 0 Å². The second-order valence-electron chi connectivity index (χ2n) is 4.80. The van der Waals surface area contributed by atoms with Crippen molar-refractivity contribution in [2.45, 2.75) is 19.5 Å². The van der Waals surface area contributed by atoms with E-state index >= 15 is 0 Å². The van der Waals surface area contributed by atoms with Crippen molar-refractivity contribution in [3.63, 3.8) is 0 Å². The molecular formula is C15H20N2S. The second-order valence-corrected chi connectivity index (χ2v) is 5.78. The van der Waals surface area contributed by atoms with Gasteiger partial charge in [0.1, 0.15) is 0 Å². The average Bonchev–Trinajstić information content (AvgIpc) is 2.85. The van der Waals surface area contributed by atoms with Crippen LogP contribution in [0, 0.1) is 6.92 Å². The topological polar surface area (TPSA) is 29.3 Å². The number of rotatable bonds is 5. The zero-order chi connectivity index (χ0) is 13.0. The third-order valence-electron chi connectivity index (χ3n) is 2.99. The van der Waals surface area contributed by atoms with E-state index in [2.05, 4.69) is 60.6 Å². The molecule has 0 fully saturated rings. The lowest BCUT2D eigenvalue weighted by Gasteiger charge is -2.20. The van der Waals surface area contributed by atoms with Gasteiger partial charge >= 0.3 is 0 Å². The predicted octanol–water partition coefficient (Wildman–Crippen LogP) is 3.19. The highest BCUT2D eigenvalue weighted by atomic mass is 32.1. The van der Waals surface area contributed by atoms with E-state index in [0.29, 0.717) is 0 Å². The van der Waals surface area contributed by atoms with Crippen LogP contribution in [0.3, 0.4) is 0 Å². The number of likely N-dealkylation sites (N-methyl/N-ethyl adjacent to an activating group) is 1. The first-order chi connectivity index (χ1) is 8.65. The lowest BCUT2D eigenvalue weighted by molar-refractivity contribution is 0.306. The fourth-order valence-corrected chi connectivity index (χ4v) is 2.72. The van der Waals surface area contributed by atoms with E-state index in [4.69, 9.17) is 5.73 Å². The van der Waals surface area contributed by atoms with Crippen LogP contribution < -0.4 is 5.73 Å². The lowest BCUT2D eigenvalue weighted by Crippen LogP contribution is -2.28. The van der Waals surface area contributed by atoms with Crippen LogP contribution in [0.15, 0.2) is 41.8 Å². The van der Waals surface area contributed by atoms with Gasteiger partial charge in [-0.15, -0.1) is 11.3 Å². The third kappa shape index (κ3) is 3.67. The Morgan fingerprint density at radius 2 is 1.94 bits per heavy atom. The summed E-state index contributed by atoms with van der Waals surface area (Å²) in [6.45, 7) is 3.94. The van der Waals surface area contributed by atoms with E-state index < -0.39 is 0 Å². The summed E-state index contributed by atoms with van der Waals surface area (Å²) in [4.78, 5) is 3.53. The monoisotopic (exact) mass is 260 g/mol. The molecule has 3 heteroatoms. The Morgan fingerprint density at radius 1 is 1.22 bits per heavy atom. The molecule has 0 amide bonds. The maximum atomic E-state index is 6.19. The van der Waals surface area contributed by atoms with Gasteiger partial charge in [0.15, 0.2) is 0 Å². The number of nitrogens with zero attached hydrogens (tertiary/aromatic N) is 1. The number of hydrogen-bond acceptors (Lipinski definition) is 3.